The summed E-state index contributed by atoms with van der Waals surface area (Å²) in [5.74, 6) is 0. The van der Waals surface area contributed by atoms with Crippen LogP contribution in [0.15, 0.2) is 53.9 Å². The number of carbonyl (C=O) groups is 1. The van der Waals surface area contributed by atoms with Gasteiger partial charge in [0.15, 0.2) is 5.13 Å². The lowest BCUT2D eigenvalue weighted by Crippen LogP contribution is -2.29. The van der Waals surface area contributed by atoms with Crippen molar-refractivity contribution in [3.05, 3.63) is 69.5 Å². The van der Waals surface area contributed by atoms with E-state index in [9.17, 15) is 4.79 Å². The molecule has 0 bridgehead atoms. The van der Waals surface area contributed by atoms with Crippen molar-refractivity contribution in [2.24, 2.45) is 0 Å². The van der Waals surface area contributed by atoms with Crippen molar-refractivity contribution in [2.75, 3.05) is 11.9 Å². The van der Waals surface area contributed by atoms with Crippen LogP contribution in [0.1, 0.15) is 12.0 Å². The lowest BCUT2D eigenvalue weighted by molar-refractivity contribution is 0.252. The molecule has 4 nitrogen and oxygen atoms in total. The van der Waals surface area contributed by atoms with Crippen LogP contribution in [0, 0.1) is 0 Å². The molecule has 7 heteroatoms. The second-order valence-electron chi connectivity index (χ2n) is 5.63. The minimum atomic E-state index is -0.267. The molecule has 0 saturated carbocycles. The molecule has 0 spiro atoms. The number of amides is 2. The Morgan fingerprint density at radius 2 is 1.92 bits per heavy atom. The second-order valence-corrected chi connectivity index (χ2v) is 7.33. The van der Waals surface area contributed by atoms with Gasteiger partial charge in [0, 0.05) is 22.5 Å². The Labute approximate surface area is 166 Å². The maximum atomic E-state index is 12.0. The van der Waals surface area contributed by atoms with Crippen LogP contribution in [-0.4, -0.2) is 17.6 Å². The van der Waals surface area contributed by atoms with E-state index in [1.54, 1.807) is 18.2 Å². The summed E-state index contributed by atoms with van der Waals surface area (Å²) in [6.45, 7) is 0.596. The minimum Gasteiger partial charge on any atom is -0.338 e. The van der Waals surface area contributed by atoms with Crippen molar-refractivity contribution in [1.29, 1.82) is 0 Å². The molecule has 0 radical (unpaired) electrons. The number of hydrogen-bond donors (Lipinski definition) is 2. The Morgan fingerprint density at radius 3 is 2.73 bits per heavy atom. The molecule has 0 fully saturated rings. The van der Waals surface area contributed by atoms with Crippen molar-refractivity contribution >= 4 is 45.7 Å². The van der Waals surface area contributed by atoms with Gasteiger partial charge in [-0.05, 0) is 36.6 Å². The Balaban J connectivity index is 1.49. The van der Waals surface area contributed by atoms with E-state index in [4.69, 9.17) is 23.2 Å². The second kappa shape index (κ2) is 9.03. The van der Waals surface area contributed by atoms with E-state index in [1.807, 2.05) is 23.6 Å². The molecular weight excluding hydrogens is 389 g/mol. The van der Waals surface area contributed by atoms with E-state index in [1.165, 1.54) is 16.9 Å². The molecule has 26 heavy (non-hydrogen) atoms. The van der Waals surface area contributed by atoms with Crippen LogP contribution in [0.2, 0.25) is 10.0 Å². The monoisotopic (exact) mass is 405 g/mol. The van der Waals surface area contributed by atoms with Crippen LogP contribution in [0.25, 0.3) is 11.3 Å². The zero-order valence-corrected chi connectivity index (χ0v) is 16.2. The smallest absolute Gasteiger partial charge is 0.321 e. The van der Waals surface area contributed by atoms with Gasteiger partial charge >= 0.3 is 6.03 Å². The van der Waals surface area contributed by atoms with E-state index in [0.717, 1.165) is 18.4 Å². The summed E-state index contributed by atoms with van der Waals surface area (Å²) in [6.07, 6.45) is 1.80. The van der Waals surface area contributed by atoms with E-state index < -0.39 is 0 Å². The van der Waals surface area contributed by atoms with Gasteiger partial charge in [-0.1, -0.05) is 53.5 Å². The third-order valence-corrected chi connectivity index (χ3v) is 5.02. The molecule has 0 unspecified atom stereocenters. The summed E-state index contributed by atoms with van der Waals surface area (Å²) in [6, 6.07) is 15.1. The number of urea groups is 1. The molecule has 2 aromatic carbocycles. The lowest BCUT2D eigenvalue weighted by Gasteiger charge is -2.05. The average Bonchev–Trinajstić information content (AvgIpc) is 3.10. The summed E-state index contributed by atoms with van der Waals surface area (Å²) in [4.78, 5) is 16.4. The molecule has 0 aliphatic rings. The SMILES string of the molecule is O=C(NCCCc1ccccc1)Nc1nc(-c2cc(Cl)ccc2Cl)cs1. The third kappa shape index (κ3) is 5.21. The molecule has 1 aromatic heterocycles. The van der Waals surface area contributed by atoms with Gasteiger partial charge in [0.25, 0.3) is 0 Å². The number of hydrogen-bond acceptors (Lipinski definition) is 3. The Morgan fingerprint density at radius 1 is 1.12 bits per heavy atom. The number of anilines is 1. The van der Waals surface area contributed by atoms with Gasteiger partial charge in [-0.15, -0.1) is 11.3 Å². The molecule has 2 amide bonds. The molecule has 3 rings (SSSR count). The first-order valence-electron chi connectivity index (χ1n) is 8.11. The van der Waals surface area contributed by atoms with Crippen LogP contribution in [-0.2, 0) is 6.42 Å². The summed E-state index contributed by atoms with van der Waals surface area (Å²) < 4.78 is 0. The predicted molar refractivity (Wildman–Crippen MR) is 109 cm³/mol. The van der Waals surface area contributed by atoms with Crippen LogP contribution in [0.5, 0.6) is 0 Å². The fraction of sp³-hybridized carbons (Fsp3) is 0.158. The first-order chi connectivity index (χ1) is 12.6. The van der Waals surface area contributed by atoms with Gasteiger partial charge in [0.2, 0.25) is 0 Å². The minimum absolute atomic E-state index is 0.267. The molecular formula is C19H17Cl2N3OS. The number of nitrogens with zero attached hydrogens (tertiary/aromatic N) is 1. The Kier molecular flexibility index (Phi) is 6.50. The van der Waals surface area contributed by atoms with Gasteiger partial charge in [0.05, 0.1) is 10.7 Å². The molecule has 0 aliphatic carbocycles. The fourth-order valence-electron chi connectivity index (χ4n) is 2.43. The summed E-state index contributed by atoms with van der Waals surface area (Å²) in [5.41, 5.74) is 2.69. The Hall–Kier alpha value is -2.08. The maximum Gasteiger partial charge on any atom is 0.321 e. The van der Waals surface area contributed by atoms with Gasteiger partial charge in [-0.2, -0.15) is 0 Å². The molecule has 134 valence electrons. The highest BCUT2D eigenvalue weighted by molar-refractivity contribution is 7.14. The largest absolute Gasteiger partial charge is 0.338 e. The number of halogens is 2. The predicted octanol–water partition coefficient (Wildman–Crippen LogP) is 5.87. The van der Waals surface area contributed by atoms with Crippen LogP contribution >= 0.6 is 34.5 Å². The Bertz CT molecular complexity index is 884. The fourth-order valence-corrected chi connectivity index (χ4v) is 3.52. The molecule has 2 N–H and O–H groups in total. The number of benzene rings is 2. The van der Waals surface area contributed by atoms with Crippen LogP contribution < -0.4 is 10.6 Å². The maximum absolute atomic E-state index is 12.0. The van der Waals surface area contributed by atoms with Crippen molar-refractivity contribution in [1.82, 2.24) is 10.3 Å². The molecule has 0 aliphatic heterocycles. The average molecular weight is 406 g/mol. The van der Waals surface area contributed by atoms with E-state index in [2.05, 4.69) is 27.8 Å². The molecule has 0 atom stereocenters. The topological polar surface area (TPSA) is 54.0 Å². The zero-order chi connectivity index (χ0) is 18.4. The molecule has 1 heterocycles. The number of rotatable bonds is 6. The van der Waals surface area contributed by atoms with Crippen LogP contribution in [0.4, 0.5) is 9.93 Å². The van der Waals surface area contributed by atoms with Crippen molar-refractivity contribution in [3.8, 4) is 11.3 Å². The quantitative estimate of drug-likeness (QED) is 0.503. The number of thiazole rings is 1. The first-order valence-corrected chi connectivity index (χ1v) is 9.75. The molecule has 0 saturated heterocycles. The number of aryl methyl sites for hydroxylation is 1. The number of nitrogens with one attached hydrogen (secondary N) is 2. The van der Waals surface area contributed by atoms with Gasteiger partial charge in [-0.25, -0.2) is 9.78 Å². The van der Waals surface area contributed by atoms with Crippen molar-refractivity contribution in [3.63, 3.8) is 0 Å². The van der Waals surface area contributed by atoms with Gasteiger partial charge in [-0.3, -0.25) is 5.32 Å². The van der Waals surface area contributed by atoms with Crippen molar-refractivity contribution in [2.45, 2.75) is 12.8 Å². The molecule has 3 aromatic rings. The van der Waals surface area contributed by atoms with E-state index in [0.29, 0.717) is 27.4 Å². The summed E-state index contributed by atoms with van der Waals surface area (Å²) in [7, 11) is 0. The van der Waals surface area contributed by atoms with Gasteiger partial charge in [0.1, 0.15) is 0 Å². The summed E-state index contributed by atoms with van der Waals surface area (Å²) >= 11 is 13.5. The lowest BCUT2D eigenvalue weighted by atomic mass is 10.1. The standard InChI is InChI=1S/C19H17Cl2N3OS/c20-14-8-9-16(21)15(11-14)17-12-26-19(23-17)24-18(25)22-10-4-7-13-5-2-1-3-6-13/h1-3,5-6,8-9,11-12H,4,7,10H2,(H2,22,23,24,25). The first kappa shape index (κ1) is 18.7. The highest BCUT2D eigenvalue weighted by Gasteiger charge is 2.11. The van der Waals surface area contributed by atoms with Crippen LogP contribution in [0.3, 0.4) is 0 Å². The number of aromatic nitrogens is 1. The van der Waals surface area contributed by atoms with E-state index >= 15 is 0 Å². The zero-order valence-electron chi connectivity index (χ0n) is 13.8. The van der Waals surface area contributed by atoms with Gasteiger partial charge < -0.3 is 5.32 Å². The van der Waals surface area contributed by atoms with Crippen molar-refractivity contribution < 1.29 is 4.79 Å². The third-order valence-electron chi connectivity index (χ3n) is 3.70. The van der Waals surface area contributed by atoms with E-state index in [-0.39, 0.29) is 6.03 Å². The number of carbonyl (C=O) groups excluding carboxylic acids is 1. The highest BCUT2D eigenvalue weighted by Crippen LogP contribution is 2.32. The summed E-state index contributed by atoms with van der Waals surface area (Å²) in [5, 5.41) is 9.09. The highest BCUT2D eigenvalue weighted by atomic mass is 35.5. The normalized spacial score (nSPS) is 10.5.